The van der Waals surface area contributed by atoms with Gasteiger partial charge in [-0.1, -0.05) is 13.8 Å². The molecule has 0 radical (unpaired) electrons. The van der Waals surface area contributed by atoms with Crippen LogP contribution in [-0.2, 0) is 20.9 Å². The van der Waals surface area contributed by atoms with Crippen LogP contribution < -0.4 is 5.73 Å². The molecule has 23 heavy (non-hydrogen) atoms. The van der Waals surface area contributed by atoms with E-state index in [1.165, 1.54) is 13.0 Å². The molecule has 0 saturated heterocycles. The summed E-state index contributed by atoms with van der Waals surface area (Å²) in [5.41, 5.74) is 7.69. The fourth-order valence-corrected chi connectivity index (χ4v) is 2.19. The van der Waals surface area contributed by atoms with Gasteiger partial charge in [-0.25, -0.2) is 4.79 Å². The number of carbonyl (C=O) groups is 2. The number of ether oxygens (including phenoxy) is 1. The van der Waals surface area contributed by atoms with Crippen molar-refractivity contribution in [1.82, 2.24) is 4.57 Å². The summed E-state index contributed by atoms with van der Waals surface area (Å²) in [7, 11) is 0. The molecule has 0 aliphatic heterocycles. The maximum Gasteiger partial charge on any atom is 0.349 e. The molecule has 0 aromatic carbocycles. The molecule has 0 bridgehead atoms. The lowest BCUT2D eigenvalue weighted by atomic mass is 10.1. The van der Waals surface area contributed by atoms with Gasteiger partial charge in [0.05, 0.1) is 0 Å². The van der Waals surface area contributed by atoms with Crippen LogP contribution in [0.3, 0.4) is 0 Å². The second-order valence-corrected chi connectivity index (χ2v) is 5.95. The predicted octanol–water partition coefficient (Wildman–Crippen LogP) is 2.08. The van der Waals surface area contributed by atoms with E-state index in [9.17, 15) is 14.9 Å². The summed E-state index contributed by atoms with van der Waals surface area (Å²) in [6.45, 7) is 10.4. The van der Waals surface area contributed by atoms with Gasteiger partial charge in [0.1, 0.15) is 11.6 Å². The highest BCUT2D eigenvalue weighted by Crippen LogP contribution is 2.20. The Kier molecular flexibility index (Phi) is 6.14. The van der Waals surface area contributed by atoms with Crippen LogP contribution in [0, 0.1) is 31.1 Å². The Bertz CT molecular complexity index is 678. The van der Waals surface area contributed by atoms with Gasteiger partial charge in [-0.15, -0.1) is 0 Å². The second kappa shape index (κ2) is 7.63. The highest BCUT2D eigenvalue weighted by atomic mass is 16.5. The largest absolute Gasteiger partial charge is 0.448 e. The van der Waals surface area contributed by atoms with Crippen molar-refractivity contribution in [3.8, 4) is 6.07 Å². The normalized spacial score (nSPS) is 12.8. The number of aromatic nitrogens is 1. The Balaban J connectivity index is 3.10. The quantitative estimate of drug-likeness (QED) is 0.493. The molecular weight excluding hydrogens is 294 g/mol. The third-order valence-electron chi connectivity index (χ3n) is 3.49. The SMILES string of the molecule is Cc1cc(/C=C(\C#N)C(=O)O[C@@H](C)C(N)=O)c(C)n1CC(C)C. The van der Waals surface area contributed by atoms with Gasteiger partial charge in [-0.2, -0.15) is 5.26 Å². The number of rotatable bonds is 6. The summed E-state index contributed by atoms with van der Waals surface area (Å²) < 4.78 is 7.01. The van der Waals surface area contributed by atoms with Crippen LogP contribution >= 0.6 is 0 Å². The van der Waals surface area contributed by atoms with E-state index >= 15 is 0 Å². The van der Waals surface area contributed by atoms with E-state index in [1.807, 2.05) is 26.0 Å². The molecule has 0 aliphatic rings. The van der Waals surface area contributed by atoms with Crippen molar-refractivity contribution in [3.63, 3.8) is 0 Å². The molecule has 0 aliphatic carbocycles. The molecule has 2 N–H and O–H groups in total. The van der Waals surface area contributed by atoms with E-state index in [2.05, 4.69) is 18.4 Å². The van der Waals surface area contributed by atoms with Gasteiger partial charge >= 0.3 is 5.97 Å². The van der Waals surface area contributed by atoms with Gasteiger partial charge in [0.2, 0.25) is 0 Å². The van der Waals surface area contributed by atoms with E-state index in [0.29, 0.717) is 5.92 Å². The number of nitrogens with two attached hydrogens (primary N) is 1. The Labute approximate surface area is 136 Å². The summed E-state index contributed by atoms with van der Waals surface area (Å²) in [5, 5.41) is 9.18. The van der Waals surface area contributed by atoms with Crippen LogP contribution in [0.1, 0.15) is 37.7 Å². The van der Waals surface area contributed by atoms with Crippen LogP contribution in [0.15, 0.2) is 11.6 Å². The van der Waals surface area contributed by atoms with Gasteiger partial charge < -0.3 is 15.0 Å². The Morgan fingerprint density at radius 1 is 1.39 bits per heavy atom. The molecule has 0 saturated carbocycles. The third-order valence-corrected chi connectivity index (χ3v) is 3.49. The van der Waals surface area contributed by atoms with Crippen molar-refractivity contribution in [1.29, 1.82) is 5.26 Å². The van der Waals surface area contributed by atoms with Crippen LogP contribution in [0.25, 0.3) is 6.08 Å². The van der Waals surface area contributed by atoms with Crippen molar-refractivity contribution in [2.24, 2.45) is 11.7 Å². The smallest absolute Gasteiger partial charge is 0.349 e. The first-order valence-electron chi connectivity index (χ1n) is 7.46. The maximum atomic E-state index is 11.9. The molecule has 0 fully saturated rings. The molecule has 1 heterocycles. The summed E-state index contributed by atoms with van der Waals surface area (Å²) in [4.78, 5) is 22.9. The first-order chi connectivity index (χ1) is 10.7. The van der Waals surface area contributed by atoms with Crippen LogP contribution in [0.2, 0.25) is 0 Å². The monoisotopic (exact) mass is 317 g/mol. The van der Waals surface area contributed by atoms with Gasteiger partial charge in [0.25, 0.3) is 5.91 Å². The fraction of sp³-hybridized carbons (Fsp3) is 0.471. The van der Waals surface area contributed by atoms with E-state index in [-0.39, 0.29) is 5.57 Å². The lowest BCUT2D eigenvalue weighted by Gasteiger charge is -2.12. The number of nitrogens with zero attached hydrogens (tertiary/aromatic N) is 2. The van der Waals surface area contributed by atoms with Crippen molar-refractivity contribution in [2.45, 2.75) is 47.3 Å². The van der Waals surface area contributed by atoms with Crippen LogP contribution in [0.4, 0.5) is 0 Å². The van der Waals surface area contributed by atoms with E-state index in [0.717, 1.165) is 23.5 Å². The zero-order chi connectivity index (χ0) is 17.7. The predicted molar refractivity (Wildman–Crippen MR) is 87.1 cm³/mol. The lowest BCUT2D eigenvalue weighted by Crippen LogP contribution is -2.30. The number of nitriles is 1. The number of carbonyl (C=O) groups excluding carboxylic acids is 2. The highest BCUT2D eigenvalue weighted by molar-refractivity contribution is 5.99. The number of esters is 1. The topological polar surface area (TPSA) is 98.1 Å². The molecular formula is C17H23N3O3. The Morgan fingerprint density at radius 2 is 2.00 bits per heavy atom. The summed E-state index contributed by atoms with van der Waals surface area (Å²) >= 11 is 0. The molecule has 1 aromatic rings. The summed E-state index contributed by atoms with van der Waals surface area (Å²) in [6.07, 6.45) is 0.405. The van der Waals surface area contributed by atoms with E-state index in [1.54, 1.807) is 0 Å². The van der Waals surface area contributed by atoms with E-state index < -0.39 is 18.0 Å². The average molecular weight is 317 g/mol. The summed E-state index contributed by atoms with van der Waals surface area (Å²) in [6, 6.07) is 3.73. The number of hydrogen-bond donors (Lipinski definition) is 1. The van der Waals surface area contributed by atoms with Crippen LogP contribution in [0.5, 0.6) is 0 Å². The fourth-order valence-electron chi connectivity index (χ4n) is 2.19. The van der Waals surface area contributed by atoms with Crippen molar-refractivity contribution < 1.29 is 14.3 Å². The van der Waals surface area contributed by atoms with Gasteiger partial charge in [0, 0.05) is 17.9 Å². The van der Waals surface area contributed by atoms with Crippen molar-refractivity contribution in [3.05, 3.63) is 28.6 Å². The Hall–Kier alpha value is -2.55. The molecule has 124 valence electrons. The molecule has 1 aromatic heterocycles. The number of aryl methyl sites for hydroxylation is 1. The zero-order valence-corrected chi connectivity index (χ0v) is 14.2. The Morgan fingerprint density at radius 3 is 2.48 bits per heavy atom. The average Bonchev–Trinajstić information content (AvgIpc) is 2.71. The second-order valence-electron chi connectivity index (χ2n) is 5.95. The van der Waals surface area contributed by atoms with Gasteiger partial charge in [0.15, 0.2) is 6.10 Å². The number of primary amides is 1. The number of hydrogen-bond acceptors (Lipinski definition) is 4. The van der Waals surface area contributed by atoms with E-state index in [4.69, 9.17) is 10.5 Å². The molecule has 0 unspecified atom stereocenters. The maximum absolute atomic E-state index is 11.9. The molecule has 1 atom stereocenters. The van der Waals surface area contributed by atoms with Crippen molar-refractivity contribution >= 4 is 18.0 Å². The molecule has 1 rings (SSSR count). The highest BCUT2D eigenvalue weighted by Gasteiger charge is 2.19. The summed E-state index contributed by atoms with van der Waals surface area (Å²) in [5.74, 6) is -1.13. The van der Waals surface area contributed by atoms with Crippen molar-refractivity contribution in [2.75, 3.05) is 0 Å². The zero-order valence-electron chi connectivity index (χ0n) is 14.2. The lowest BCUT2D eigenvalue weighted by molar-refractivity contribution is -0.149. The van der Waals surface area contributed by atoms with Gasteiger partial charge in [-0.3, -0.25) is 4.79 Å². The third kappa shape index (κ3) is 4.71. The molecule has 6 nitrogen and oxygen atoms in total. The first kappa shape index (κ1) is 18.5. The minimum Gasteiger partial charge on any atom is -0.448 e. The first-order valence-corrected chi connectivity index (χ1v) is 7.46. The minimum absolute atomic E-state index is 0.164. The standard InChI is InChI=1S/C17H23N3O3/c1-10(2)9-20-11(3)6-14(12(20)4)7-15(8-18)17(22)23-13(5)16(19)21/h6-7,10,13H,9H2,1-5H3,(H2,19,21)/b15-7+/t13-/m0/s1. The van der Waals surface area contributed by atoms with Crippen LogP contribution in [-0.4, -0.2) is 22.5 Å². The molecule has 6 heteroatoms. The molecule has 1 amide bonds. The molecule has 0 spiro atoms. The minimum atomic E-state index is -1.08. The van der Waals surface area contributed by atoms with Gasteiger partial charge in [-0.05, 0) is 44.4 Å². The number of amides is 1.